The Labute approximate surface area is 196 Å². The van der Waals surface area contributed by atoms with E-state index < -0.39 is 21.8 Å². The van der Waals surface area contributed by atoms with Gasteiger partial charge in [-0.15, -0.1) is 0 Å². The van der Waals surface area contributed by atoms with Crippen molar-refractivity contribution < 1.29 is 26.4 Å². The average molecular weight is 489 g/mol. The number of benzene rings is 1. The zero-order valence-electron chi connectivity index (χ0n) is 18.8. The van der Waals surface area contributed by atoms with E-state index in [1.807, 2.05) is 0 Å². The first kappa shape index (κ1) is 29.2. The molecule has 5 radical (unpaired) electrons. The van der Waals surface area contributed by atoms with Gasteiger partial charge in [-0.3, -0.25) is 0 Å². The zero-order chi connectivity index (χ0) is 22.5. The second-order valence-corrected chi connectivity index (χ2v) is 10.2. The number of rotatable bonds is 5. The van der Waals surface area contributed by atoms with Crippen LogP contribution in [0.2, 0.25) is 0 Å². The molecule has 2 fully saturated rings. The van der Waals surface area contributed by atoms with E-state index in [-0.39, 0.29) is 44.8 Å². The van der Waals surface area contributed by atoms with Crippen LogP contribution in [0.4, 0.5) is 18.0 Å². The average Bonchev–Trinajstić information content (AvgIpc) is 3.18. The summed E-state index contributed by atoms with van der Waals surface area (Å²) in [6.07, 6.45) is 3.43. The van der Waals surface area contributed by atoms with Gasteiger partial charge in [-0.05, 0) is 43.4 Å². The van der Waals surface area contributed by atoms with Crippen LogP contribution in [-0.4, -0.2) is 38.4 Å². The molecule has 6 nitrogen and oxygen atoms in total. The van der Waals surface area contributed by atoms with E-state index >= 15 is 0 Å². The number of hydrogen-bond donors (Lipinski definition) is 2. The number of alkyl halides is 3. The second-order valence-electron chi connectivity index (χ2n) is 8.25. The van der Waals surface area contributed by atoms with Gasteiger partial charge in [0.05, 0.1) is 16.5 Å². The number of sulfonamides is 1. The highest BCUT2D eigenvalue weighted by Crippen LogP contribution is 2.32. The third-order valence-corrected chi connectivity index (χ3v) is 7.71. The lowest BCUT2D eigenvalue weighted by Gasteiger charge is -2.21. The van der Waals surface area contributed by atoms with E-state index in [4.69, 9.17) is 0 Å². The van der Waals surface area contributed by atoms with Gasteiger partial charge in [-0.1, -0.05) is 53.0 Å². The Morgan fingerprint density at radius 2 is 1.70 bits per heavy atom. The van der Waals surface area contributed by atoms with Crippen molar-refractivity contribution in [3.8, 4) is 0 Å². The van der Waals surface area contributed by atoms with Gasteiger partial charge in [0.1, 0.15) is 0 Å². The number of carbonyl (C=O) groups is 1. The minimum atomic E-state index is -4.61. The van der Waals surface area contributed by atoms with Crippen molar-refractivity contribution in [1.29, 1.82) is 0 Å². The predicted molar refractivity (Wildman–Crippen MR) is 121 cm³/mol. The fraction of sp³-hybridized carbons (Fsp3) is 0.565. The number of nitrogens with zero attached hydrogens (tertiary/aromatic N) is 1. The summed E-state index contributed by atoms with van der Waals surface area (Å²) >= 11 is 0. The van der Waals surface area contributed by atoms with E-state index in [1.165, 1.54) is 29.6 Å². The molecule has 2 aliphatic rings. The minimum absolute atomic E-state index is 0. The van der Waals surface area contributed by atoms with E-state index in [0.717, 1.165) is 43.9 Å². The van der Waals surface area contributed by atoms with Crippen LogP contribution in [0.1, 0.15) is 56.9 Å². The molecular formula is C23H33F3N3O3S. The van der Waals surface area contributed by atoms with Crippen molar-refractivity contribution >= 4 is 16.1 Å². The Bertz CT molecular complexity index is 854. The van der Waals surface area contributed by atoms with Crippen molar-refractivity contribution in [3.63, 3.8) is 0 Å². The Morgan fingerprint density at radius 3 is 2.33 bits per heavy atom. The molecule has 1 aliphatic heterocycles. The molecule has 1 aromatic carbocycles. The summed E-state index contributed by atoms with van der Waals surface area (Å²) < 4.78 is 65.5. The fourth-order valence-corrected chi connectivity index (χ4v) is 5.64. The number of urea groups is 1. The molecule has 1 saturated heterocycles. The molecule has 33 heavy (non-hydrogen) atoms. The molecule has 1 aromatic rings. The van der Waals surface area contributed by atoms with Crippen LogP contribution in [0.15, 0.2) is 29.2 Å². The topological polar surface area (TPSA) is 78.5 Å². The molecule has 3 rings (SSSR count). The highest BCUT2D eigenvalue weighted by molar-refractivity contribution is 7.89. The molecule has 0 aromatic heterocycles. The maximum atomic E-state index is 12.9. The SMILES string of the molecule is O=C(NCC1CCN(S(=O)(=O)c2cccc(C(F)(F)F)c2)C1)N[C]1CCCCCCC1.[CH2].[CH2]. The van der Waals surface area contributed by atoms with Crippen LogP contribution in [0.3, 0.4) is 0 Å². The molecule has 2 N–H and O–H groups in total. The minimum Gasteiger partial charge on any atom is -0.338 e. The summed E-state index contributed by atoms with van der Waals surface area (Å²) in [5.41, 5.74) is -0.991. The monoisotopic (exact) mass is 488 g/mol. The maximum Gasteiger partial charge on any atom is 0.416 e. The molecule has 185 valence electrons. The first-order valence-electron chi connectivity index (χ1n) is 10.7. The van der Waals surface area contributed by atoms with E-state index in [9.17, 15) is 26.4 Å². The first-order valence-corrected chi connectivity index (χ1v) is 12.2. The van der Waals surface area contributed by atoms with E-state index in [1.54, 1.807) is 0 Å². The summed E-state index contributed by atoms with van der Waals surface area (Å²) in [5, 5.41) is 5.73. The van der Waals surface area contributed by atoms with Gasteiger partial charge >= 0.3 is 12.2 Å². The van der Waals surface area contributed by atoms with E-state index in [0.29, 0.717) is 19.0 Å². The summed E-state index contributed by atoms with van der Waals surface area (Å²) in [4.78, 5) is 11.8. The third-order valence-electron chi connectivity index (χ3n) is 5.85. The van der Waals surface area contributed by atoms with Crippen molar-refractivity contribution in [3.05, 3.63) is 50.7 Å². The number of halogens is 3. The molecule has 1 aliphatic carbocycles. The van der Waals surface area contributed by atoms with Gasteiger partial charge < -0.3 is 10.6 Å². The van der Waals surface area contributed by atoms with Crippen molar-refractivity contribution in [1.82, 2.24) is 14.9 Å². The Hall–Kier alpha value is -1.81. The molecule has 2 amide bonds. The lowest BCUT2D eigenvalue weighted by Crippen LogP contribution is -2.41. The van der Waals surface area contributed by atoms with Gasteiger partial charge in [0.15, 0.2) is 0 Å². The molecule has 1 atom stereocenters. The van der Waals surface area contributed by atoms with Crippen molar-refractivity contribution in [2.75, 3.05) is 19.6 Å². The summed E-state index contributed by atoms with van der Waals surface area (Å²) in [7, 11) is -4.02. The Balaban J connectivity index is 0.00000272. The summed E-state index contributed by atoms with van der Waals surface area (Å²) in [6.45, 7) is 0.688. The number of amides is 2. The van der Waals surface area contributed by atoms with E-state index in [2.05, 4.69) is 10.6 Å². The third kappa shape index (κ3) is 8.17. The highest BCUT2D eigenvalue weighted by atomic mass is 32.2. The van der Waals surface area contributed by atoms with Crippen LogP contribution in [-0.2, 0) is 16.2 Å². The van der Waals surface area contributed by atoms with Crippen LogP contribution in [0.5, 0.6) is 0 Å². The van der Waals surface area contributed by atoms with Crippen LogP contribution >= 0.6 is 0 Å². The van der Waals surface area contributed by atoms with Gasteiger partial charge in [-0.2, -0.15) is 17.5 Å². The molecule has 1 saturated carbocycles. The normalized spacial score (nSPS) is 20.6. The molecular weight excluding hydrogens is 455 g/mol. The summed E-state index contributed by atoms with van der Waals surface area (Å²) in [6, 6.07) is 4.55. The quantitative estimate of drug-likeness (QED) is 0.616. The smallest absolute Gasteiger partial charge is 0.338 e. The number of nitrogens with one attached hydrogen (secondary N) is 2. The lowest BCUT2D eigenvalue weighted by molar-refractivity contribution is -0.137. The largest absolute Gasteiger partial charge is 0.416 e. The number of hydrogen-bond acceptors (Lipinski definition) is 3. The molecule has 1 heterocycles. The molecule has 0 bridgehead atoms. The standard InChI is InChI=1S/C21H29F3N3O3S.2CH2/c22-21(23,24)17-7-6-10-19(13-17)31(29,30)27-12-11-16(15-27)14-25-20(28)26-18-8-4-2-1-3-5-9-18;;/h6-7,10,13,16H,1-5,8-9,11-12,14-15H2,(H2,25,26,28);2*1H2. The van der Waals surface area contributed by atoms with Crippen molar-refractivity contribution in [2.24, 2.45) is 5.92 Å². The van der Waals surface area contributed by atoms with Crippen LogP contribution < -0.4 is 10.6 Å². The first-order chi connectivity index (χ1) is 14.7. The maximum absolute atomic E-state index is 12.9. The Kier molecular flexibility index (Phi) is 11.2. The summed E-state index contributed by atoms with van der Waals surface area (Å²) in [5.74, 6) is -0.0892. The second kappa shape index (κ2) is 12.6. The Morgan fingerprint density at radius 1 is 1.06 bits per heavy atom. The van der Waals surface area contributed by atoms with Gasteiger partial charge in [0.2, 0.25) is 10.0 Å². The molecule has 10 heteroatoms. The fourth-order valence-electron chi connectivity index (χ4n) is 4.06. The van der Waals surface area contributed by atoms with Crippen LogP contribution in [0, 0.1) is 26.8 Å². The molecule has 0 spiro atoms. The zero-order valence-corrected chi connectivity index (χ0v) is 19.6. The number of carbonyl (C=O) groups excluding carboxylic acids is 1. The van der Waals surface area contributed by atoms with Crippen molar-refractivity contribution in [2.45, 2.75) is 62.4 Å². The molecule has 1 unspecified atom stereocenters. The highest BCUT2D eigenvalue weighted by Gasteiger charge is 2.35. The lowest BCUT2D eigenvalue weighted by atomic mass is 9.97. The van der Waals surface area contributed by atoms with Crippen LogP contribution in [0.25, 0.3) is 0 Å². The predicted octanol–water partition coefficient (Wildman–Crippen LogP) is 4.95. The van der Waals surface area contributed by atoms with Gasteiger partial charge in [0.25, 0.3) is 0 Å². The van der Waals surface area contributed by atoms with Gasteiger partial charge in [0, 0.05) is 19.6 Å². The van der Waals surface area contributed by atoms with Gasteiger partial charge in [-0.25, -0.2) is 13.2 Å².